The second kappa shape index (κ2) is 4.60. The second-order valence-corrected chi connectivity index (χ2v) is 2.29. The van der Waals surface area contributed by atoms with Crippen molar-refractivity contribution >= 4 is 17.5 Å². The van der Waals surface area contributed by atoms with Crippen molar-refractivity contribution < 1.29 is 14.4 Å². The third kappa shape index (κ3) is 6.70. The average molecular weight is 157 g/mol. The molecule has 0 bridgehead atoms. The number of rotatable bonds is 3. The molecule has 0 rings (SSSR count). The van der Waals surface area contributed by atoms with Gasteiger partial charge in [-0.25, -0.2) is 4.79 Å². The van der Waals surface area contributed by atoms with Gasteiger partial charge in [-0.05, 0) is 13.8 Å². The Morgan fingerprint density at radius 2 is 1.82 bits per heavy atom. The summed E-state index contributed by atoms with van der Waals surface area (Å²) in [5.41, 5.74) is 0.507. The van der Waals surface area contributed by atoms with Gasteiger partial charge < -0.3 is 4.84 Å². The lowest BCUT2D eigenvalue weighted by Crippen LogP contribution is -2.02. The molecule has 0 aromatic carbocycles. The van der Waals surface area contributed by atoms with Crippen LogP contribution in [0.25, 0.3) is 0 Å². The number of hydrogen-bond acceptors (Lipinski definition) is 4. The van der Waals surface area contributed by atoms with Crippen LogP contribution >= 0.6 is 0 Å². The van der Waals surface area contributed by atoms with Crippen LogP contribution in [-0.4, -0.2) is 17.5 Å². The molecule has 0 aromatic heterocycles. The van der Waals surface area contributed by atoms with E-state index in [1.54, 1.807) is 6.92 Å². The fraction of sp³-hybridized carbons (Fsp3) is 0.571. The van der Waals surface area contributed by atoms with Crippen molar-refractivity contribution in [3.8, 4) is 0 Å². The SMILES string of the molecule is CC(=O)C/C(C)=N/OC(C)=O. The Hall–Kier alpha value is -1.19. The van der Waals surface area contributed by atoms with Gasteiger partial charge in [-0.3, -0.25) is 4.79 Å². The summed E-state index contributed by atoms with van der Waals surface area (Å²) in [6, 6.07) is 0. The lowest BCUT2D eigenvalue weighted by Gasteiger charge is -1.94. The lowest BCUT2D eigenvalue weighted by atomic mass is 10.2. The molecule has 0 aliphatic rings. The Labute approximate surface area is 65.2 Å². The van der Waals surface area contributed by atoms with Crippen LogP contribution in [0.1, 0.15) is 27.2 Å². The van der Waals surface area contributed by atoms with Gasteiger partial charge in [-0.2, -0.15) is 0 Å². The average Bonchev–Trinajstić information content (AvgIpc) is 1.82. The van der Waals surface area contributed by atoms with E-state index in [0.717, 1.165) is 0 Å². The first-order valence-electron chi connectivity index (χ1n) is 3.23. The standard InChI is InChI=1S/C7H11NO3/c1-5(4-6(2)9)8-11-7(3)10/h4H2,1-3H3/b8-5+. The maximum atomic E-state index is 10.5. The summed E-state index contributed by atoms with van der Waals surface area (Å²) in [6.45, 7) is 4.33. The summed E-state index contributed by atoms with van der Waals surface area (Å²) in [4.78, 5) is 25.0. The van der Waals surface area contributed by atoms with Crippen LogP contribution in [0.4, 0.5) is 0 Å². The second-order valence-electron chi connectivity index (χ2n) is 2.29. The van der Waals surface area contributed by atoms with E-state index in [-0.39, 0.29) is 12.2 Å². The van der Waals surface area contributed by atoms with Crippen molar-refractivity contribution in [3.05, 3.63) is 0 Å². The molecule has 0 saturated carbocycles. The van der Waals surface area contributed by atoms with Crippen LogP contribution in [-0.2, 0) is 14.4 Å². The molecule has 0 heterocycles. The van der Waals surface area contributed by atoms with Gasteiger partial charge in [0.15, 0.2) is 0 Å². The molecule has 0 N–H and O–H groups in total. The molecule has 0 unspecified atom stereocenters. The maximum Gasteiger partial charge on any atom is 0.331 e. The summed E-state index contributed by atoms with van der Waals surface area (Å²) in [6.07, 6.45) is 0.229. The highest BCUT2D eigenvalue weighted by molar-refractivity contribution is 5.99. The lowest BCUT2D eigenvalue weighted by molar-refractivity contribution is -0.141. The Balaban J connectivity index is 3.81. The van der Waals surface area contributed by atoms with Crippen molar-refractivity contribution in [3.63, 3.8) is 0 Å². The molecule has 0 spiro atoms. The smallest absolute Gasteiger partial charge is 0.319 e. The zero-order chi connectivity index (χ0) is 8.85. The van der Waals surface area contributed by atoms with Crippen LogP contribution in [0.3, 0.4) is 0 Å². The van der Waals surface area contributed by atoms with Gasteiger partial charge in [0.05, 0.1) is 5.71 Å². The zero-order valence-electron chi connectivity index (χ0n) is 6.88. The van der Waals surface area contributed by atoms with E-state index in [9.17, 15) is 9.59 Å². The highest BCUT2D eigenvalue weighted by Gasteiger charge is 1.97. The van der Waals surface area contributed by atoms with Crippen molar-refractivity contribution in [2.45, 2.75) is 27.2 Å². The van der Waals surface area contributed by atoms with E-state index in [4.69, 9.17) is 0 Å². The summed E-state index contributed by atoms with van der Waals surface area (Å²) in [7, 11) is 0. The van der Waals surface area contributed by atoms with Gasteiger partial charge in [0.1, 0.15) is 5.78 Å². The molecular formula is C7H11NO3. The van der Waals surface area contributed by atoms with Gasteiger partial charge in [-0.15, -0.1) is 0 Å². The normalized spacial score (nSPS) is 11.0. The number of nitrogens with zero attached hydrogens (tertiary/aromatic N) is 1. The highest BCUT2D eigenvalue weighted by atomic mass is 16.7. The van der Waals surface area contributed by atoms with E-state index >= 15 is 0 Å². The topological polar surface area (TPSA) is 55.7 Å². The molecule has 0 aliphatic carbocycles. The molecule has 0 saturated heterocycles. The first kappa shape index (κ1) is 9.81. The van der Waals surface area contributed by atoms with Crippen molar-refractivity contribution in [2.75, 3.05) is 0 Å². The largest absolute Gasteiger partial charge is 0.331 e. The van der Waals surface area contributed by atoms with Crippen molar-refractivity contribution in [1.29, 1.82) is 0 Å². The molecule has 0 atom stereocenters. The van der Waals surface area contributed by atoms with Gasteiger partial charge in [0.25, 0.3) is 0 Å². The fourth-order valence-electron chi connectivity index (χ4n) is 0.535. The summed E-state index contributed by atoms with van der Waals surface area (Å²) in [5, 5.41) is 3.41. The van der Waals surface area contributed by atoms with Crippen molar-refractivity contribution in [2.24, 2.45) is 5.16 Å². The van der Waals surface area contributed by atoms with E-state index in [1.807, 2.05) is 0 Å². The summed E-state index contributed by atoms with van der Waals surface area (Å²) in [5.74, 6) is -0.480. The molecule has 62 valence electrons. The molecule has 4 heteroatoms. The number of carbonyl (C=O) groups excluding carboxylic acids is 2. The predicted molar refractivity (Wildman–Crippen MR) is 40.2 cm³/mol. The van der Waals surface area contributed by atoms with Gasteiger partial charge in [0, 0.05) is 13.3 Å². The zero-order valence-corrected chi connectivity index (χ0v) is 6.88. The van der Waals surface area contributed by atoms with Crippen LogP contribution in [0.5, 0.6) is 0 Å². The number of ketones is 1. The van der Waals surface area contributed by atoms with Crippen LogP contribution in [0.2, 0.25) is 0 Å². The fourth-order valence-corrected chi connectivity index (χ4v) is 0.535. The van der Waals surface area contributed by atoms with Crippen LogP contribution in [0, 0.1) is 0 Å². The molecule has 0 aromatic rings. The monoisotopic (exact) mass is 157 g/mol. The quantitative estimate of drug-likeness (QED) is 0.347. The minimum absolute atomic E-state index is 0.00148. The Morgan fingerprint density at radius 3 is 2.18 bits per heavy atom. The first-order chi connectivity index (χ1) is 5.02. The molecular weight excluding hydrogens is 146 g/mol. The maximum absolute atomic E-state index is 10.5. The van der Waals surface area contributed by atoms with E-state index in [1.165, 1.54) is 13.8 Å². The molecule has 11 heavy (non-hydrogen) atoms. The molecule has 4 nitrogen and oxygen atoms in total. The number of oxime groups is 1. The molecule has 0 fully saturated rings. The highest BCUT2D eigenvalue weighted by Crippen LogP contribution is 1.89. The Bertz CT molecular complexity index is 196. The van der Waals surface area contributed by atoms with Gasteiger partial charge >= 0.3 is 5.97 Å². The minimum atomic E-state index is -0.479. The van der Waals surface area contributed by atoms with Crippen LogP contribution < -0.4 is 0 Å². The molecule has 0 aliphatic heterocycles. The number of hydrogen-bond donors (Lipinski definition) is 0. The first-order valence-corrected chi connectivity index (χ1v) is 3.23. The van der Waals surface area contributed by atoms with Crippen LogP contribution in [0.15, 0.2) is 5.16 Å². The minimum Gasteiger partial charge on any atom is -0.319 e. The summed E-state index contributed by atoms with van der Waals surface area (Å²) < 4.78 is 0. The third-order valence-electron chi connectivity index (χ3n) is 0.835. The Kier molecular flexibility index (Phi) is 4.10. The van der Waals surface area contributed by atoms with E-state index in [2.05, 4.69) is 9.99 Å². The van der Waals surface area contributed by atoms with Gasteiger partial charge in [-0.1, -0.05) is 5.16 Å². The third-order valence-corrected chi connectivity index (χ3v) is 0.835. The Morgan fingerprint density at radius 1 is 1.27 bits per heavy atom. The summed E-state index contributed by atoms with van der Waals surface area (Å²) >= 11 is 0. The molecule has 0 radical (unpaired) electrons. The van der Waals surface area contributed by atoms with Crippen molar-refractivity contribution in [1.82, 2.24) is 0 Å². The number of Topliss-reactive ketones (excluding diaryl/α,β-unsaturated/α-hetero) is 1. The predicted octanol–water partition coefficient (Wildman–Crippen LogP) is 0.905. The van der Waals surface area contributed by atoms with E-state index < -0.39 is 5.97 Å². The van der Waals surface area contributed by atoms with Gasteiger partial charge in [0.2, 0.25) is 0 Å². The molecule has 0 amide bonds. The number of carbonyl (C=O) groups is 2. The van der Waals surface area contributed by atoms with E-state index in [0.29, 0.717) is 5.71 Å².